The van der Waals surface area contributed by atoms with Gasteiger partial charge in [0.05, 0.1) is 23.6 Å². The average Bonchev–Trinajstić information content (AvgIpc) is 2.70. The lowest BCUT2D eigenvalue weighted by Gasteiger charge is -2.17. The van der Waals surface area contributed by atoms with Crippen molar-refractivity contribution in [1.82, 2.24) is 4.98 Å². The lowest BCUT2D eigenvalue weighted by Crippen LogP contribution is -2.09. The van der Waals surface area contributed by atoms with E-state index in [1.807, 2.05) is 32.0 Å². The molecule has 1 aromatic heterocycles. The van der Waals surface area contributed by atoms with E-state index in [9.17, 15) is 14.1 Å². The maximum Gasteiger partial charge on any atom is 0.166 e. The van der Waals surface area contributed by atoms with Gasteiger partial charge >= 0.3 is 0 Å². The second-order valence-corrected chi connectivity index (χ2v) is 8.68. The predicted molar refractivity (Wildman–Crippen MR) is 122 cm³/mol. The Labute approximate surface area is 178 Å². The summed E-state index contributed by atoms with van der Waals surface area (Å²) in [6, 6.07) is 10.6. The molecule has 0 radical (unpaired) electrons. The Bertz CT molecular complexity index is 1100. The van der Waals surface area contributed by atoms with Gasteiger partial charge in [-0.2, -0.15) is 0 Å². The minimum atomic E-state index is -0.944. The van der Waals surface area contributed by atoms with Crippen LogP contribution in [0.5, 0.6) is 11.5 Å². The standard InChI is InChI=1S/C23H26N2O4S/c1-4-6-20(27)18-14-24-23-17(7-5-8-21(23)29-11-12-30(3)28)22(18)25-19-10-9-16(26)13-15(19)2/h5,7-10,13-14,26H,4,6,11-12H2,1-3H3,(H,24,25). The number of aryl methyl sites for hydroxylation is 1. The van der Waals surface area contributed by atoms with E-state index in [2.05, 4.69) is 10.3 Å². The maximum absolute atomic E-state index is 12.8. The lowest BCUT2D eigenvalue weighted by molar-refractivity contribution is 0.0982. The first-order chi connectivity index (χ1) is 14.4. The largest absolute Gasteiger partial charge is 0.508 e. The highest BCUT2D eigenvalue weighted by Gasteiger charge is 2.18. The number of nitrogens with one attached hydrogen (secondary N) is 1. The van der Waals surface area contributed by atoms with E-state index in [0.717, 1.165) is 23.1 Å². The van der Waals surface area contributed by atoms with E-state index in [1.54, 1.807) is 30.7 Å². The number of hydrogen-bond acceptors (Lipinski definition) is 6. The number of nitrogens with zero attached hydrogens (tertiary/aromatic N) is 1. The normalized spacial score (nSPS) is 12.0. The van der Waals surface area contributed by atoms with Crippen LogP contribution in [0.1, 0.15) is 35.7 Å². The summed E-state index contributed by atoms with van der Waals surface area (Å²) in [5.74, 6) is 1.21. The molecule has 0 bridgehead atoms. The number of benzene rings is 2. The Morgan fingerprint density at radius 3 is 2.77 bits per heavy atom. The number of rotatable bonds is 9. The average molecular weight is 427 g/mol. The summed E-state index contributed by atoms with van der Waals surface area (Å²) in [5, 5.41) is 13.9. The zero-order chi connectivity index (χ0) is 21.7. The highest BCUT2D eigenvalue weighted by molar-refractivity contribution is 7.84. The van der Waals surface area contributed by atoms with Crippen LogP contribution in [0.3, 0.4) is 0 Å². The number of anilines is 2. The summed E-state index contributed by atoms with van der Waals surface area (Å²) < 4.78 is 17.2. The van der Waals surface area contributed by atoms with Crippen molar-refractivity contribution in [2.75, 3.05) is 23.9 Å². The molecule has 3 rings (SSSR count). The number of carbonyl (C=O) groups is 1. The maximum atomic E-state index is 12.8. The van der Waals surface area contributed by atoms with Gasteiger partial charge in [-0.25, -0.2) is 0 Å². The fourth-order valence-corrected chi connectivity index (χ4v) is 3.53. The molecule has 30 heavy (non-hydrogen) atoms. The molecule has 0 saturated heterocycles. The Balaban J connectivity index is 2.10. The predicted octanol–water partition coefficient (Wildman–Crippen LogP) is 4.73. The molecule has 0 aliphatic rings. The molecule has 6 nitrogen and oxygen atoms in total. The second-order valence-electron chi connectivity index (χ2n) is 7.12. The number of carbonyl (C=O) groups excluding carboxylic acids is 1. The number of phenols is 1. The van der Waals surface area contributed by atoms with E-state index >= 15 is 0 Å². The molecule has 7 heteroatoms. The number of aromatic hydroxyl groups is 1. The van der Waals surface area contributed by atoms with Crippen molar-refractivity contribution in [1.29, 1.82) is 0 Å². The molecule has 3 aromatic rings. The zero-order valence-corrected chi connectivity index (χ0v) is 18.2. The van der Waals surface area contributed by atoms with Gasteiger partial charge in [0, 0.05) is 40.7 Å². The number of aromatic nitrogens is 1. The molecular weight excluding hydrogens is 400 g/mol. The van der Waals surface area contributed by atoms with Gasteiger partial charge in [0.2, 0.25) is 0 Å². The van der Waals surface area contributed by atoms with Gasteiger partial charge in [0.1, 0.15) is 17.0 Å². The van der Waals surface area contributed by atoms with E-state index in [1.165, 1.54) is 0 Å². The van der Waals surface area contributed by atoms with E-state index < -0.39 is 10.8 Å². The lowest BCUT2D eigenvalue weighted by atomic mass is 10.0. The molecular formula is C23H26N2O4S. The number of hydrogen-bond donors (Lipinski definition) is 2. The third kappa shape index (κ3) is 4.97. The van der Waals surface area contributed by atoms with Crippen LogP contribution in [0.2, 0.25) is 0 Å². The molecule has 0 fully saturated rings. The van der Waals surface area contributed by atoms with Gasteiger partial charge in [0.15, 0.2) is 5.78 Å². The molecule has 158 valence electrons. The number of ketones is 1. The third-order valence-electron chi connectivity index (χ3n) is 4.74. The molecule has 2 N–H and O–H groups in total. The van der Waals surface area contributed by atoms with Gasteiger partial charge in [0.25, 0.3) is 0 Å². The second kappa shape index (κ2) is 9.71. The number of fused-ring (bicyclic) bond motifs is 1. The SMILES string of the molecule is CCCC(=O)c1cnc2c(OCCS(C)=O)cccc2c1Nc1ccc(O)cc1C. The minimum Gasteiger partial charge on any atom is -0.508 e. The fourth-order valence-electron chi connectivity index (χ4n) is 3.21. The van der Waals surface area contributed by atoms with Gasteiger partial charge in [-0.05, 0) is 43.2 Å². The van der Waals surface area contributed by atoms with Crippen LogP contribution in [0, 0.1) is 6.92 Å². The van der Waals surface area contributed by atoms with Crippen molar-refractivity contribution in [3.63, 3.8) is 0 Å². The summed E-state index contributed by atoms with van der Waals surface area (Å²) in [5.41, 5.74) is 3.46. The smallest absolute Gasteiger partial charge is 0.166 e. The van der Waals surface area contributed by atoms with Crippen LogP contribution < -0.4 is 10.1 Å². The number of pyridine rings is 1. The topological polar surface area (TPSA) is 88.5 Å². The molecule has 0 amide bonds. The number of para-hydroxylation sites is 1. The van der Waals surface area contributed by atoms with Crippen LogP contribution in [-0.4, -0.2) is 38.7 Å². The van der Waals surface area contributed by atoms with Crippen molar-refractivity contribution < 1.29 is 18.8 Å². The Kier molecular flexibility index (Phi) is 7.05. The van der Waals surface area contributed by atoms with E-state index in [0.29, 0.717) is 41.3 Å². The number of phenolic OH excluding ortho intramolecular Hbond substituents is 1. The highest BCUT2D eigenvalue weighted by Crippen LogP contribution is 2.35. The first kappa shape index (κ1) is 21.8. The van der Waals surface area contributed by atoms with E-state index in [-0.39, 0.29) is 11.5 Å². The first-order valence-corrected chi connectivity index (χ1v) is 11.6. The molecule has 0 aliphatic heterocycles. The van der Waals surface area contributed by atoms with Gasteiger partial charge in [-0.15, -0.1) is 0 Å². The van der Waals surface area contributed by atoms with Crippen molar-refractivity contribution in [2.24, 2.45) is 0 Å². The van der Waals surface area contributed by atoms with Crippen LogP contribution in [0.25, 0.3) is 10.9 Å². The van der Waals surface area contributed by atoms with Crippen molar-refractivity contribution >= 4 is 38.9 Å². The summed E-state index contributed by atoms with van der Waals surface area (Å²) in [7, 11) is -0.944. The molecule has 0 aliphatic carbocycles. The van der Waals surface area contributed by atoms with E-state index in [4.69, 9.17) is 4.74 Å². The number of Topliss-reactive ketones (excluding diaryl/α,β-unsaturated/α-hetero) is 1. The molecule has 1 heterocycles. The van der Waals surface area contributed by atoms with Crippen LogP contribution >= 0.6 is 0 Å². The monoisotopic (exact) mass is 426 g/mol. The third-order valence-corrected chi connectivity index (χ3v) is 5.48. The van der Waals surface area contributed by atoms with Crippen molar-refractivity contribution in [2.45, 2.75) is 26.7 Å². The summed E-state index contributed by atoms with van der Waals surface area (Å²) in [6.07, 6.45) is 4.39. The Hall–Kier alpha value is -2.93. The number of ether oxygens (including phenoxy) is 1. The molecule has 0 spiro atoms. The molecule has 2 aromatic carbocycles. The van der Waals surface area contributed by atoms with Gasteiger partial charge in [-0.1, -0.05) is 19.1 Å². The fraction of sp³-hybridized carbons (Fsp3) is 0.304. The first-order valence-electron chi connectivity index (χ1n) is 9.85. The highest BCUT2D eigenvalue weighted by atomic mass is 32.2. The van der Waals surface area contributed by atoms with Crippen LogP contribution in [0.15, 0.2) is 42.6 Å². The van der Waals surface area contributed by atoms with Crippen molar-refractivity contribution in [3.05, 3.63) is 53.7 Å². The summed E-state index contributed by atoms with van der Waals surface area (Å²) in [4.78, 5) is 17.3. The molecule has 1 atom stereocenters. The van der Waals surface area contributed by atoms with Crippen molar-refractivity contribution in [3.8, 4) is 11.5 Å². The van der Waals surface area contributed by atoms with Crippen LogP contribution in [0.4, 0.5) is 11.4 Å². The zero-order valence-electron chi connectivity index (χ0n) is 17.4. The minimum absolute atomic E-state index is 0.0125. The summed E-state index contributed by atoms with van der Waals surface area (Å²) >= 11 is 0. The molecule has 0 saturated carbocycles. The van der Waals surface area contributed by atoms with Gasteiger partial charge < -0.3 is 15.2 Å². The Morgan fingerprint density at radius 1 is 1.27 bits per heavy atom. The molecule has 1 unspecified atom stereocenters. The van der Waals surface area contributed by atoms with Gasteiger partial charge in [-0.3, -0.25) is 14.0 Å². The quantitative estimate of drug-likeness (QED) is 0.380. The Morgan fingerprint density at radius 2 is 2.07 bits per heavy atom. The summed E-state index contributed by atoms with van der Waals surface area (Å²) in [6.45, 7) is 4.17. The van der Waals surface area contributed by atoms with Crippen LogP contribution in [-0.2, 0) is 10.8 Å².